The third-order valence-corrected chi connectivity index (χ3v) is 7.82. The van der Waals surface area contributed by atoms with Crippen molar-refractivity contribution in [2.75, 3.05) is 0 Å². The fraction of sp³-hybridized carbons (Fsp3) is 0. The second-order valence-corrected chi connectivity index (χ2v) is 10.3. The van der Waals surface area contributed by atoms with Crippen molar-refractivity contribution < 1.29 is 42.8 Å². The molecule has 0 N–H and O–H groups in total. The lowest BCUT2D eigenvalue weighted by atomic mass is 9.83. The Labute approximate surface area is 311 Å². The van der Waals surface area contributed by atoms with Crippen LogP contribution in [0.5, 0.6) is 0 Å². The van der Waals surface area contributed by atoms with Crippen LogP contribution < -0.4 is 0 Å². The lowest BCUT2D eigenvalue weighted by Crippen LogP contribution is -1.93. The van der Waals surface area contributed by atoms with Crippen molar-refractivity contribution >= 4 is 65.0 Å². The van der Waals surface area contributed by atoms with Crippen molar-refractivity contribution in [3.8, 4) is 33.4 Å². The Kier molecular flexibility index (Phi) is 2.31. The Hall–Kier alpha value is -6.18. The molecule has 1 aromatic heterocycles. The van der Waals surface area contributed by atoms with Crippen LogP contribution in [0.3, 0.4) is 0 Å². The molecule has 0 atom stereocenters. The summed E-state index contributed by atoms with van der Waals surface area (Å²) >= 11 is 0. The molecule has 0 amide bonds. The standard InChI is InChI=1S/C46H28O/c1-2-14-31-28-32(25-24-29(31)12-1)43-37-18-7-9-20-39(37)44(40-21-10-8-19-38(40)43)35-17-6-5-16-34(35)36-22-11-23-41-46(36)45-33-15-4-3-13-30(33)26-27-42(45)47-41/h1-28H/i1D,2D,3D,4D,5D,6D,7D,8D,9D,10D,11D,12D,13D,14D,15D,16D,17D,18D,19D,20D,21D,22D,23D,24D,25D,26D,27D,28D. The van der Waals surface area contributed by atoms with Gasteiger partial charge in [-0.15, -0.1) is 0 Å². The van der Waals surface area contributed by atoms with E-state index in [1.165, 1.54) is 0 Å². The van der Waals surface area contributed by atoms with Gasteiger partial charge in [0.2, 0.25) is 0 Å². The molecule has 0 aliphatic carbocycles. The summed E-state index contributed by atoms with van der Waals surface area (Å²) in [5.41, 5.74) is -6.22. The van der Waals surface area contributed by atoms with Crippen molar-refractivity contribution in [2.45, 2.75) is 0 Å². The Morgan fingerprint density at radius 3 is 1.62 bits per heavy atom. The molecule has 0 spiro atoms. The van der Waals surface area contributed by atoms with E-state index in [1.807, 2.05) is 0 Å². The number of rotatable bonds is 3. The molecule has 1 heteroatoms. The molecule has 10 aromatic rings. The van der Waals surface area contributed by atoms with Crippen LogP contribution in [0, 0.1) is 0 Å². The number of hydrogen-bond donors (Lipinski definition) is 0. The van der Waals surface area contributed by atoms with Gasteiger partial charge in [-0.1, -0.05) is 151 Å². The molecule has 1 nitrogen and oxygen atoms in total. The molecule has 1 heterocycles. The van der Waals surface area contributed by atoms with E-state index in [2.05, 4.69) is 0 Å². The van der Waals surface area contributed by atoms with E-state index in [1.54, 1.807) is 0 Å². The maximum absolute atomic E-state index is 9.69. The highest BCUT2D eigenvalue weighted by Gasteiger charge is 2.21. The van der Waals surface area contributed by atoms with Crippen LogP contribution in [0.15, 0.2) is 174 Å². The van der Waals surface area contributed by atoms with Gasteiger partial charge in [0.05, 0.1) is 38.4 Å². The number of fused-ring (bicyclic) bond motifs is 8. The van der Waals surface area contributed by atoms with Crippen molar-refractivity contribution in [1.82, 2.24) is 0 Å². The Balaban J connectivity index is 1.57. The van der Waals surface area contributed by atoms with Gasteiger partial charge in [-0.25, -0.2) is 0 Å². The molecule has 47 heavy (non-hydrogen) atoms. The van der Waals surface area contributed by atoms with Crippen LogP contribution in [0.25, 0.3) is 98.4 Å². The summed E-state index contributed by atoms with van der Waals surface area (Å²) in [4.78, 5) is 0. The largest absolute Gasteiger partial charge is 0.456 e. The maximum atomic E-state index is 9.69. The second kappa shape index (κ2) is 10.2. The van der Waals surface area contributed by atoms with E-state index in [-0.39, 0.29) is 0 Å². The van der Waals surface area contributed by atoms with Crippen molar-refractivity contribution in [2.24, 2.45) is 0 Å². The zero-order chi connectivity index (χ0) is 55.3. The van der Waals surface area contributed by atoms with Gasteiger partial charge in [0.25, 0.3) is 0 Å². The van der Waals surface area contributed by atoms with Gasteiger partial charge in [0, 0.05) is 10.8 Å². The van der Waals surface area contributed by atoms with Gasteiger partial charge in [0.1, 0.15) is 11.2 Å². The van der Waals surface area contributed by atoms with Gasteiger partial charge in [-0.3, -0.25) is 0 Å². The van der Waals surface area contributed by atoms with Gasteiger partial charge < -0.3 is 4.42 Å². The van der Waals surface area contributed by atoms with Crippen LogP contribution in [-0.4, -0.2) is 0 Å². The predicted molar refractivity (Wildman–Crippen MR) is 200 cm³/mol. The summed E-state index contributed by atoms with van der Waals surface area (Å²) in [7, 11) is 0. The van der Waals surface area contributed by atoms with Gasteiger partial charge in [0.15, 0.2) is 0 Å². The first-order valence-electron chi connectivity index (χ1n) is 27.9. The first-order valence-corrected chi connectivity index (χ1v) is 13.9. The number of benzene rings is 9. The highest BCUT2D eigenvalue weighted by molar-refractivity contribution is 6.26. The minimum Gasteiger partial charge on any atom is -0.456 e. The molecule has 0 aliphatic rings. The van der Waals surface area contributed by atoms with Crippen molar-refractivity contribution in [1.29, 1.82) is 0 Å². The molecule has 0 saturated carbocycles. The summed E-state index contributed by atoms with van der Waals surface area (Å²) in [6.45, 7) is 0. The summed E-state index contributed by atoms with van der Waals surface area (Å²) in [6, 6.07) is -26.7. The summed E-state index contributed by atoms with van der Waals surface area (Å²) in [5, 5.41) is -6.55. The zero-order valence-corrected chi connectivity index (χ0v) is 23.4. The molecule has 10 rings (SSSR count). The summed E-state index contributed by atoms with van der Waals surface area (Å²) in [5.74, 6) is 0. The van der Waals surface area contributed by atoms with E-state index in [0.29, 0.717) is 0 Å². The third kappa shape index (κ3) is 3.90. The quantitative estimate of drug-likeness (QED) is 0.178. The molecule has 0 aliphatic heterocycles. The van der Waals surface area contributed by atoms with Crippen LogP contribution in [0.4, 0.5) is 0 Å². The van der Waals surface area contributed by atoms with E-state index < -0.39 is 268 Å². The SMILES string of the molecule is [2H]c1c([2H])c([2H])c(-c2c([2H])c([2H])c([2H])c3oc4c([2H])c([2H])c5c([2H])c([2H])c([2H])c([2H])c5c4c23)c(-c2c3c([2H])c([2H])c([2H])c([2H])c3c(-c3c([2H])c([2H])c4c([2H])c([2H])c([2H])c([2H])c4c3[2H])c3c([2H])c([2H])c([2H])c([2H])c23)c1[2H]. The smallest absolute Gasteiger partial charge is 0.136 e. The van der Waals surface area contributed by atoms with Crippen LogP contribution in [0.2, 0.25) is 0 Å². The Morgan fingerprint density at radius 2 is 0.872 bits per heavy atom. The molecule has 0 fully saturated rings. The number of hydrogen-bond acceptors (Lipinski definition) is 1. The maximum Gasteiger partial charge on any atom is 0.136 e. The number of furan rings is 1. The Bertz CT molecular complexity index is 4360. The van der Waals surface area contributed by atoms with Crippen molar-refractivity contribution in [3.05, 3.63) is 169 Å². The summed E-state index contributed by atoms with van der Waals surface area (Å²) < 4.78 is 260. The normalized spacial score (nSPS) is 20.2. The van der Waals surface area contributed by atoms with Crippen LogP contribution in [0.1, 0.15) is 38.4 Å². The molecule has 0 unspecified atom stereocenters. The lowest BCUT2D eigenvalue weighted by molar-refractivity contribution is 0.669. The second-order valence-electron chi connectivity index (χ2n) is 10.3. The molecular weight excluding hydrogens is 569 g/mol. The monoisotopic (exact) mass is 624 g/mol. The minimum atomic E-state index is -1.11. The van der Waals surface area contributed by atoms with Crippen molar-refractivity contribution in [3.63, 3.8) is 0 Å². The summed E-state index contributed by atoms with van der Waals surface area (Å²) in [6.07, 6.45) is 0. The topological polar surface area (TPSA) is 13.1 Å². The molecule has 0 radical (unpaired) electrons. The fourth-order valence-corrected chi connectivity index (χ4v) is 5.92. The molecular formula is C46H28O. The third-order valence-electron chi connectivity index (χ3n) is 7.82. The molecule has 9 aromatic carbocycles. The first-order chi connectivity index (χ1) is 35.0. The highest BCUT2D eigenvalue weighted by atomic mass is 16.3. The highest BCUT2D eigenvalue weighted by Crippen LogP contribution is 2.48. The molecule has 0 bridgehead atoms. The average Bonchev–Trinajstić information content (AvgIpc) is 3.78. The van der Waals surface area contributed by atoms with Gasteiger partial charge in [-0.2, -0.15) is 0 Å². The average molecular weight is 625 g/mol. The first kappa shape index (κ1) is 10.7. The zero-order valence-electron chi connectivity index (χ0n) is 51.4. The van der Waals surface area contributed by atoms with Gasteiger partial charge >= 0.3 is 0 Å². The van der Waals surface area contributed by atoms with E-state index >= 15 is 0 Å². The molecule has 0 saturated heterocycles. The minimum absolute atomic E-state index is 0.483. The molecule has 218 valence electrons. The predicted octanol–water partition coefficient (Wildman–Crippen LogP) is 13.2. The fourth-order valence-electron chi connectivity index (χ4n) is 5.92. The van der Waals surface area contributed by atoms with Crippen LogP contribution in [-0.2, 0) is 0 Å². The van der Waals surface area contributed by atoms with Gasteiger partial charge in [-0.05, 0) is 94.6 Å². The lowest BCUT2D eigenvalue weighted by Gasteiger charge is -2.20. The van der Waals surface area contributed by atoms with E-state index in [0.717, 1.165) is 0 Å². The van der Waals surface area contributed by atoms with E-state index in [4.69, 9.17) is 30.5 Å². The Morgan fingerprint density at radius 1 is 0.340 bits per heavy atom. The van der Waals surface area contributed by atoms with Crippen LogP contribution >= 0.6 is 0 Å². The van der Waals surface area contributed by atoms with E-state index in [9.17, 15) is 12.3 Å².